The summed E-state index contributed by atoms with van der Waals surface area (Å²) in [5, 5.41) is 15.8. The molecule has 0 amide bonds. The van der Waals surface area contributed by atoms with Crippen LogP contribution in [0.2, 0.25) is 0 Å². The molecule has 1 aromatic carbocycles. The van der Waals surface area contributed by atoms with Gasteiger partial charge in [-0.05, 0) is 26.7 Å². The first-order chi connectivity index (χ1) is 10.1. The molecule has 114 valence electrons. The Hall–Kier alpha value is -1.23. The van der Waals surface area contributed by atoms with E-state index in [1.54, 1.807) is 11.3 Å². The highest BCUT2D eigenvalue weighted by atomic mass is 32.1. The molecule has 2 N–H and O–H groups in total. The molecule has 4 heteroatoms. The molecule has 2 rings (SSSR count). The predicted molar refractivity (Wildman–Crippen MR) is 89.5 cm³/mol. The Morgan fingerprint density at radius 1 is 1.29 bits per heavy atom. The second-order valence-corrected chi connectivity index (χ2v) is 6.61. The molecule has 1 atom stereocenters. The van der Waals surface area contributed by atoms with Crippen molar-refractivity contribution in [1.82, 2.24) is 10.3 Å². The van der Waals surface area contributed by atoms with Crippen molar-refractivity contribution >= 4 is 11.3 Å². The van der Waals surface area contributed by atoms with Crippen molar-refractivity contribution in [2.24, 2.45) is 0 Å². The highest BCUT2D eigenvalue weighted by Crippen LogP contribution is 2.24. The number of rotatable bonds is 7. The van der Waals surface area contributed by atoms with Gasteiger partial charge in [0.05, 0.1) is 5.69 Å². The molecular formula is C17H24N2OS. The van der Waals surface area contributed by atoms with Crippen LogP contribution >= 0.6 is 11.3 Å². The van der Waals surface area contributed by atoms with Crippen LogP contribution in [0.1, 0.15) is 37.9 Å². The summed E-state index contributed by atoms with van der Waals surface area (Å²) in [5.41, 5.74) is 3.47. The largest absolute Gasteiger partial charge is 0.396 e. The van der Waals surface area contributed by atoms with Crippen LogP contribution in [0.25, 0.3) is 10.6 Å². The highest BCUT2D eigenvalue weighted by molar-refractivity contribution is 7.13. The number of hydrogen-bond donors (Lipinski definition) is 2. The van der Waals surface area contributed by atoms with Crippen LogP contribution in [-0.4, -0.2) is 22.2 Å². The zero-order valence-electron chi connectivity index (χ0n) is 13.0. The van der Waals surface area contributed by atoms with Gasteiger partial charge in [0.25, 0.3) is 0 Å². The molecule has 3 nitrogen and oxygen atoms in total. The summed E-state index contributed by atoms with van der Waals surface area (Å²) in [5.74, 6) is 0. The Labute approximate surface area is 131 Å². The van der Waals surface area contributed by atoms with Crippen molar-refractivity contribution in [2.75, 3.05) is 6.61 Å². The molecule has 0 radical (unpaired) electrons. The number of aryl methyl sites for hydroxylation is 1. The highest BCUT2D eigenvalue weighted by Gasteiger charge is 2.20. The van der Waals surface area contributed by atoms with E-state index in [9.17, 15) is 0 Å². The van der Waals surface area contributed by atoms with Gasteiger partial charge in [0.15, 0.2) is 0 Å². The van der Waals surface area contributed by atoms with Gasteiger partial charge in [0.1, 0.15) is 5.01 Å². The minimum Gasteiger partial charge on any atom is -0.396 e. The second kappa shape index (κ2) is 7.16. The van der Waals surface area contributed by atoms with E-state index in [0.29, 0.717) is 0 Å². The zero-order chi connectivity index (χ0) is 15.3. The molecular weight excluding hydrogens is 280 g/mol. The maximum atomic E-state index is 9.15. The lowest BCUT2D eigenvalue weighted by molar-refractivity contribution is 0.214. The molecule has 1 unspecified atom stereocenters. The third-order valence-corrected chi connectivity index (χ3v) is 4.93. The second-order valence-electron chi connectivity index (χ2n) is 5.75. The summed E-state index contributed by atoms with van der Waals surface area (Å²) < 4.78 is 0. The zero-order valence-corrected chi connectivity index (χ0v) is 13.8. The van der Waals surface area contributed by atoms with Gasteiger partial charge in [-0.15, -0.1) is 11.3 Å². The van der Waals surface area contributed by atoms with Crippen LogP contribution in [0.5, 0.6) is 0 Å². The number of thiazole rings is 1. The molecule has 2 aromatic rings. The van der Waals surface area contributed by atoms with Gasteiger partial charge in [-0.2, -0.15) is 0 Å². The van der Waals surface area contributed by atoms with E-state index in [4.69, 9.17) is 10.1 Å². The summed E-state index contributed by atoms with van der Waals surface area (Å²) in [6, 6.07) is 8.47. The first-order valence-corrected chi connectivity index (χ1v) is 8.31. The van der Waals surface area contributed by atoms with Gasteiger partial charge in [-0.3, -0.25) is 0 Å². The number of benzene rings is 1. The maximum absolute atomic E-state index is 9.15. The van der Waals surface area contributed by atoms with Crippen molar-refractivity contribution in [3.63, 3.8) is 0 Å². The smallest absolute Gasteiger partial charge is 0.123 e. The number of hydrogen-bond acceptors (Lipinski definition) is 4. The lowest BCUT2D eigenvalue weighted by Crippen LogP contribution is -2.42. The maximum Gasteiger partial charge on any atom is 0.123 e. The lowest BCUT2D eigenvalue weighted by Gasteiger charge is -2.28. The molecule has 1 aromatic heterocycles. The number of nitrogens with one attached hydrogen (secondary N) is 1. The van der Waals surface area contributed by atoms with E-state index in [2.05, 4.69) is 55.7 Å². The van der Waals surface area contributed by atoms with Gasteiger partial charge in [0.2, 0.25) is 0 Å². The van der Waals surface area contributed by atoms with Crippen molar-refractivity contribution in [2.45, 2.75) is 45.7 Å². The van der Waals surface area contributed by atoms with E-state index in [1.807, 2.05) is 0 Å². The standard InChI is InChI=1S/C17H24N2OS/c1-4-17(3,9-10-20)18-11-15-12-21-16(19-15)14-7-5-13(2)6-8-14/h5-8,12,18,20H,4,9-11H2,1-3H3. The van der Waals surface area contributed by atoms with Gasteiger partial charge >= 0.3 is 0 Å². The van der Waals surface area contributed by atoms with Crippen LogP contribution < -0.4 is 5.32 Å². The van der Waals surface area contributed by atoms with Crippen LogP contribution in [0, 0.1) is 6.92 Å². The number of aromatic nitrogens is 1. The molecule has 0 aliphatic carbocycles. The average Bonchev–Trinajstić information content (AvgIpc) is 2.95. The van der Waals surface area contributed by atoms with Crippen LogP contribution in [0.15, 0.2) is 29.6 Å². The van der Waals surface area contributed by atoms with E-state index in [0.717, 1.165) is 30.1 Å². The molecule has 0 saturated carbocycles. The Morgan fingerprint density at radius 2 is 2.00 bits per heavy atom. The minimum atomic E-state index is -0.0254. The van der Waals surface area contributed by atoms with Crippen LogP contribution in [-0.2, 0) is 6.54 Å². The summed E-state index contributed by atoms with van der Waals surface area (Å²) >= 11 is 1.68. The Bertz CT molecular complexity index is 564. The fraction of sp³-hybridized carbons (Fsp3) is 0.471. The van der Waals surface area contributed by atoms with Gasteiger partial charge in [-0.25, -0.2) is 4.98 Å². The molecule has 0 aliphatic heterocycles. The van der Waals surface area contributed by atoms with Crippen LogP contribution in [0.3, 0.4) is 0 Å². The summed E-state index contributed by atoms with van der Waals surface area (Å²) in [6.45, 7) is 7.33. The first kappa shape index (κ1) is 16.1. The van der Waals surface area contributed by atoms with E-state index < -0.39 is 0 Å². The Kier molecular flexibility index (Phi) is 5.51. The number of aliphatic hydroxyl groups is 1. The van der Waals surface area contributed by atoms with Crippen molar-refractivity contribution < 1.29 is 5.11 Å². The fourth-order valence-electron chi connectivity index (χ4n) is 2.16. The van der Waals surface area contributed by atoms with Crippen LogP contribution in [0.4, 0.5) is 0 Å². The van der Waals surface area contributed by atoms with E-state index in [1.165, 1.54) is 11.1 Å². The topological polar surface area (TPSA) is 45.1 Å². The molecule has 0 aliphatic rings. The van der Waals surface area contributed by atoms with Crippen molar-refractivity contribution in [3.05, 3.63) is 40.9 Å². The first-order valence-electron chi connectivity index (χ1n) is 7.43. The van der Waals surface area contributed by atoms with E-state index in [-0.39, 0.29) is 12.1 Å². The molecule has 21 heavy (non-hydrogen) atoms. The average molecular weight is 304 g/mol. The lowest BCUT2D eigenvalue weighted by atomic mass is 9.95. The number of aliphatic hydroxyl groups excluding tert-OH is 1. The normalized spacial score (nSPS) is 14.1. The quantitative estimate of drug-likeness (QED) is 0.818. The van der Waals surface area contributed by atoms with Gasteiger partial charge in [-0.1, -0.05) is 36.8 Å². The third-order valence-electron chi connectivity index (χ3n) is 3.99. The van der Waals surface area contributed by atoms with Crippen molar-refractivity contribution in [1.29, 1.82) is 0 Å². The third kappa shape index (κ3) is 4.37. The Morgan fingerprint density at radius 3 is 2.62 bits per heavy atom. The molecule has 1 heterocycles. The van der Waals surface area contributed by atoms with Crippen molar-refractivity contribution in [3.8, 4) is 10.6 Å². The molecule has 0 saturated heterocycles. The van der Waals surface area contributed by atoms with E-state index >= 15 is 0 Å². The molecule has 0 fully saturated rings. The monoisotopic (exact) mass is 304 g/mol. The molecule has 0 bridgehead atoms. The Balaban J connectivity index is 2.02. The summed E-state index contributed by atoms with van der Waals surface area (Å²) in [6.07, 6.45) is 1.75. The van der Waals surface area contributed by atoms with Gasteiger partial charge in [0, 0.05) is 29.6 Å². The summed E-state index contributed by atoms with van der Waals surface area (Å²) in [4.78, 5) is 4.70. The fourth-order valence-corrected chi connectivity index (χ4v) is 2.98. The minimum absolute atomic E-state index is 0.0254. The molecule has 0 spiro atoms. The van der Waals surface area contributed by atoms with Gasteiger partial charge < -0.3 is 10.4 Å². The number of nitrogens with zero attached hydrogens (tertiary/aromatic N) is 1. The SMILES string of the molecule is CCC(C)(CCO)NCc1csc(-c2ccc(C)cc2)n1. The predicted octanol–water partition coefficient (Wildman–Crippen LogP) is 3.76. The summed E-state index contributed by atoms with van der Waals surface area (Å²) in [7, 11) is 0.